The van der Waals surface area contributed by atoms with Gasteiger partial charge >= 0.3 is 5.97 Å². The van der Waals surface area contributed by atoms with Gasteiger partial charge < -0.3 is 10.0 Å². The molecule has 1 heterocycles. The molecule has 28 heavy (non-hydrogen) atoms. The van der Waals surface area contributed by atoms with E-state index in [1.807, 2.05) is 32.0 Å². The van der Waals surface area contributed by atoms with E-state index >= 15 is 0 Å². The molecule has 1 fully saturated rings. The van der Waals surface area contributed by atoms with Crippen molar-refractivity contribution >= 4 is 35.2 Å². The molecule has 2 aromatic carbocycles. The molecule has 0 spiro atoms. The monoisotopic (exact) mass is 418 g/mol. The Labute approximate surface area is 176 Å². The smallest absolute Gasteiger partial charge is 0.307 e. The zero-order valence-electron chi connectivity index (χ0n) is 16.8. The van der Waals surface area contributed by atoms with Gasteiger partial charge in [-0.2, -0.15) is 0 Å². The molecule has 0 radical (unpaired) electrons. The fourth-order valence-corrected chi connectivity index (χ4v) is 4.88. The van der Waals surface area contributed by atoms with E-state index in [4.69, 9.17) is 16.7 Å². The van der Waals surface area contributed by atoms with E-state index in [0.717, 1.165) is 39.7 Å². The Morgan fingerprint density at radius 1 is 1.11 bits per heavy atom. The number of rotatable bonds is 5. The number of anilines is 1. The number of aliphatic carboxylic acids is 1. The van der Waals surface area contributed by atoms with E-state index < -0.39 is 5.97 Å². The Hall–Kier alpha value is -1.69. The van der Waals surface area contributed by atoms with Crippen LogP contribution < -0.4 is 4.90 Å². The second-order valence-electron chi connectivity index (χ2n) is 7.65. The van der Waals surface area contributed by atoms with Crippen LogP contribution >= 0.6 is 23.5 Å². The van der Waals surface area contributed by atoms with E-state index in [1.165, 1.54) is 5.69 Å². The molecule has 3 rings (SSSR count). The van der Waals surface area contributed by atoms with E-state index in [9.17, 15) is 4.79 Å². The fraction of sp³-hybridized carbons (Fsp3) is 0.409. The van der Waals surface area contributed by atoms with Gasteiger partial charge in [0.2, 0.25) is 0 Å². The molecule has 0 aliphatic carbocycles. The van der Waals surface area contributed by atoms with Gasteiger partial charge in [0.05, 0.1) is 6.42 Å². The summed E-state index contributed by atoms with van der Waals surface area (Å²) in [6.45, 7) is 10.4. The normalized spacial score (nSPS) is 20.4. The Balaban J connectivity index is 1.73. The SMILES string of the molecule is Cc1cc(N2CC(C)N(Sc3ccc(C)c(CC(=O)O)c3)C(C)C2)ccc1Cl. The molecule has 0 aromatic heterocycles. The predicted octanol–water partition coefficient (Wildman–Crippen LogP) is 5.19. The van der Waals surface area contributed by atoms with Gasteiger partial charge in [-0.1, -0.05) is 17.7 Å². The highest BCUT2D eigenvalue weighted by Crippen LogP contribution is 2.34. The summed E-state index contributed by atoms with van der Waals surface area (Å²) in [7, 11) is 0. The number of piperazine rings is 1. The minimum absolute atomic E-state index is 0.0645. The van der Waals surface area contributed by atoms with Crippen molar-refractivity contribution in [2.45, 2.75) is 51.1 Å². The molecule has 2 atom stereocenters. The Morgan fingerprint density at radius 3 is 2.39 bits per heavy atom. The average Bonchev–Trinajstić information content (AvgIpc) is 2.62. The summed E-state index contributed by atoms with van der Waals surface area (Å²) in [6, 6.07) is 13.0. The first-order chi connectivity index (χ1) is 13.2. The summed E-state index contributed by atoms with van der Waals surface area (Å²) >= 11 is 7.91. The number of hydrogen-bond acceptors (Lipinski definition) is 4. The van der Waals surface area contributed by atoms with E-state index in [-0.39, 0.29) is 6.42 Å². The maximum atomic E-state index is 11.1. The van der Waals surface area contributed by atoms with Crippen molar-refractivity contribution in [3.8, 4) is 0 Å². The van der Waals surface area contributed by atoms with Gasteiger partial charge in [0.1, 0.15) is 0 Å². The maximum Gasteiger partial charge on any atom is 0.307 e. The van der Waals surface area contributed by atoms with E-state index in [1.54, 1.807) is 11.9 Å². The summed E-state index contributed by atoms with van der Waals surface area (Å²) in [5, 5.41) is 9.93. The molecule has 1 saturated heterocycles. The third-order valence-electron chi connectivity index (χ3n) is 5.22. The van der Waals surface area contributed by atoms with Crippen molar-refractivity contribution in [1.82, 2.24) is 4.31 Å². The lowest BCUT2D eigenvalue weighted by molar-refractivity contribution is -0.136. The molecule has 1 aliphatic rings. The number of benzene rings is 2. The van der Waals surface area contributed by atoms with Crippen molar-refractivity contribution in [2.75, 3.05) is 18.0 Å². The van der Waals surface area contributed by atoms with Crippen LogP contribution in [0.3, 0.4) is 0 Å². The van der Waals surface area contributed by atoms with Gasteiger partial charge in [0.25, 0.3) is 0 Å². The lowest BCUT2D eigenvalue weighted by atomic mass is 10.1. The number of aryl methyl sites for hydroxylation is 2. The molecule has 0 amide bonds. The van der Waals surface area contributed by atoms with Crippen molar-refractivity contribution in [1.29, 1.82) is 0 Å². The number of carboxylic acid groups (broad SMARTS) is 1. The van der Waals surface area contributed by atoms with Crippen LogP contribution in [0.4, 0.5) is 5.69 Å². The number of nitrogens with zero attached hydrogens (tertiary/aromatic N) is 2. The van der Waals surface area contributed by atoms with Crippen molar-refractivity contribution in [2.24, 2.45) is 0 Å². The largest absolute Gasteiger partial charge is 0.481 e. The highest BCUT2D eigenvalue weighted by Gasteiger charge is 2.30. The predicted molar refractivity (Wildman–Crippen MR) is 118 cm³/mol. The minimum Gasteiger partial charge on any atom is -0.481 e. The van der Waals surface area contributed by atoms with E-state index in [0.29, 0.717) is 12.1 Å². The lowest BCUT2D eigenvalue weighted by Gasteiger charge is -2.44. The van der Waals surface area contributed by atoms with Crippen LogP contribution in [0.5, 0.6) is 0 Å². The highest BCUT2D eigenvalue weighted by molar-refractivity contribution is 7.97. The van der Waals surface area contributed by atoms with Gasteiger partial charge in [0, 0.05) is 40.8 Å². The van der Waals surface area contributed by atoms with Gasteiger partial charge in [-0.15, -0.1) is 0 Å². The van der Waals surface area contributed by atoms with Gasteiger partial charge in [-0.05, 0) is 86.7 Å². The highest BCUT2D eigenvalue weighted by atomic mass is 35.5. The molecule has 6 heteroatoms. The van der Waals surface area contributed by atoms with Crippen LogP contribution in [-0.2, 0) is 11.2 Å². The molecular formula is C22H27ClN2O2S. The molecule has 4 nitrogen and oxygen atoms in total. The summed E-state index contributed by atoms with van der Waals surface area (Å²) in [6.07, 6.45) is 0.0645. The third kappa shape index (κ3) is 4.83. The fourth-order valence-electron chi connectivity index (χ4n) is 3.70. The van der Waals surface area contributed by atoms with Crippen LogP contribution in [0.25, 0.3) is 0 Å². The quantitative estimate of drug-likeness (QED) is 0.677. The zero-order chi connectivity index (χ0) is 20.4. The molecule has 1 N–H and O–H groups in total. The van der Waals surface area contributed by atoms with Crippen molar-refractivity contribution in [3.63, 3.8) is 0 Å². The Bertz CT molecular complexity index is 862. The Morgan fingerprint density at radius 2 is 1.79 bits per heavy atom. The molecule has 1 aliphatic heterocycles. The molecule has 0 bridgehead atoms. The van der Waals surface area contributed by atoms with Crippen LogP contribution in [0.1, 0.15) is 30.5 Å². The Kier molecular flexibility index (Phi) is 6.58. The second kappa shape index (κ2) is 8.76. The molecule has 0 saturated carbocycles. The number of halogens is 1. The summed E-state index contributed by atoms with van der Waals surface area (Å²) in [5.74, 6) is -0.793. The maximum absolute atomic E-state index is 11.1. The summed E-state index contributed by atoms with van der Waals surface area (Å²) in [4.78, 5) is 14.6. The van der Waals surface area contributed by atoms with Crippen LogP contribution in [-0.4, -0.2) is 40.6 Å². The van der Waals surface area contributed by atoms with E-state index in [2.05, 4.69) is 41.3 Å². The van der Waals surface area contributed by atoms with Crippen molar-refractivity contribution in [3.05, 3.63) is 58.1 Å². The van der Waals surface area contributed by atoms with Crippen LogP contribution in [0, 0.1) is 13.8 Å². The average molecular weight is 419 g/mol. The molecule has 2 unspecified atom stereocenters. The number of hydrogen-bond donors (Lipinski definition) is 1. The zero-order valence-corrected chi connectivity index (χ0v) is 18.3. The topological polar surface area (TPSA) is 43.8 Å². The minimum atomic E-state index is -0.793. The van der Waals surface area contributed by atoms with Gasteiger partial charge in [-0.3, -0.25) is 4.79 Å². The van der Waals surface area contributed by atoms with Gasteiger partial charge in [0.15, 0.2) is 0 Å². The van der Waals surface area contributed by atoms with Crippen molar-refractivity contribution < 1.29 is 9.90 Å². The standard InChI is InChI=1S/C22H27ClN2O2S/c1-14-5-7-20(10-18(14)11-22(26)27)28-25-16(3)12-24(13-17(25)4)19-6-8-21(23)15(2)9-19/h5-10,16-17H,11-13H2,1-4H3,(H,26,27). The first-order valence-corrected chi connectivity index (χ1v) is 10.7. The lowest BCUT2D eigenvalue weighted by Crippen LogP contribution is -2.53. The summed E-state index contributed by atoms with van der Waals surface area (Å²) < 4.78 is 2.43. The van der Waals surface area contributed by atoms with Crippen LogP contribution in [0.2, 0.25) is 5.02 Å². The second-order valence-corrected chi connectivity index (χ2v) is 9.13. The first-order valence-electron chi connectivity index (χ1n) is 9.53. The third-order valence-corrected chi connectivity index (χ3v) is 7.04. The first kappa shape index (κ1) is 21.0. The van der Waals surface area contributed by atoms with Crippen LogP contribution in [0.15, 0.2) is 41.3 Å². The molecule has 150 valence electrons. The molecular weight excluding hydrogens is 392 g/mol. The summed E-state index contributed by atoms with van der Waals surface area (Å²) in [5.41, 5.74) is 4.22. The molecule has 2 aromatic rings. The number of carboxylic acids is 1. The number of carbonyl (C=O) groups is 1. The van der Waals surface area contributed by atoms with Gasteiger partial charge in [-0.25, -0.2) is 4.31 Å².